The van der Waals surface area contributed by atoms with Crippen LogP contribution >= 0.6 is 10.7 Å². The Morgan fingerprint density at radius 1 is 0.482 bits per heavy atom. The van der Waals surface area contributed by atoms with Gasteiger partial charge in [0.05, 0.1) is 19.3 Å². The average Bonchev–Trinajstić information content (AvgIpc) is 3.59. The second-order valence-electron chi connectivity index (χ2n) is 22.1. The number of carbonyl (C=O) groups excluding carboxylic acids is 2. The van der Waals surface area contributed by atoms with Crippen LogP contribution in [0, 0.1) is 0 Å². The van der Waals surface area contributed by atoms with Gasteiger partial charge in [-0.3, -0.25) is 9.59 Å². The number of piperidine rings is 2. The van der Waals surface area contributed by atoms with Crippen LogP contribution < -0.4 is 10.5 Å². The van der Waals surface area contributed by atoms with Crippen LogP contribution in [0.4, 0.5) is 0 Å². The third-order valence-electron chi connectivity index (χ3n) is 15.4. The van der Waals surface area contributed by atoms with Crippen LogP contribution in [0.1, 0.15) is 123 Å². The van der Waals surface area contributed by atoms with Crippen molar-refractivity contribution < 1.29 is 46.1 Å². The summed E-state index contributed by atoms with van der Waals surface area (Å²) in [5.41, 5.74) is 12.7. The normalized spacial score (nSPS) is 16.5. The Balaban J connectivity index is 0.000000236. The van der Waals surface area contributed by atoms with E-state index in [0.717, 1.165) is 106 Å². The van der Waals surface area contributed by atoms with E-state index in [0.29, 0.717) is 32.1 Å². The number of aliphatic hydroxyl groups excluding tert-OH is 2. The summed E-state index contributed by atoms with van der Waals surface area (Å²) in [6.45, 7) is 0.209. The van der Waals surface area contributed by atoms with Crippen LogP contribution in [0.25, 0.3) is 0 Å². The lowest BCUT2D eigenvalue weighted by atomic mass is 10.0. The molecule has 0 saturated carbocycles. The Hall–Kier alpha value is -5.79. The van der Waals surface area contributed by atoms with Crippen LogP contribution in [0.15, 0.2) is 182 Å². The van der Waals surface area contributed by atoms with E-state index in [1.807, 2.05) is 133 Å². The highest BCUT2D eigenvalue weighted by Crippen LogP contribution is 2.27. The van der Waals surface area contributed by atoms with Gasteiger partial charge in [-0.25, -0.2) is 0 Å². The van der Waals surface area contributed by atoms with Crippen LogP contribution in [0.3, 0.4) is 0 Å². The number of halogens is 1. The van der Waals surface area contributed by atoms with Gasteiger partial charge < -0.3 is 25.4 Å². The minimum Gasteiger partial charge on any atom is -0.461 e. The molecule has 4 atom stereocenters. The maximum atomic E-state index is 13.6. The Kier molecular flexibility index (Phi) is 30.3. The molecule has 0 unspecified atom stereocenters. The van der Waals surface area contributed by atoms with Crippen molar-refractivity contribution in [1.82, 2.24) is 13.3 Å². The van der Waals surface area contributed by atoms with Gasteiger partial charge in [0.25, 0.3) is 10.2 Å². The number of rotatable bonds is 30. The molecule has 5 N–H and O–H groups in total. The van der Waals surface area contributed by atoms with Crippen molar-refractivity contribution >= 4 is 42.1 Å². The molecule has 0 radical (unpaired) electrons. The zero-order chi connectivity index (χ0) is 60.5. The van der Waals surface area contributed by atoms with Gasteiger partial charge in [-0.15, -0.1) is 0 Å². The van der Waals surface area contributed by atoms with E-state index in [2.05, 4.69) is 53.3 Å². The highest BCUT2D eigenvalue weighted by Gasteiger charge is 2.40. The molecule has 0 aromatic heterocycles. The average molecular weight is 1220 g/mol. The number of carbonyl (C=O) groups is 2. The number of aryl methyl sites for hydroxylation is 4. The summed E-state index contributed by atoms with van der Waals surface area (Å²) in [5, 5.41) is 18.6. The Bertz CT molecular complexity index is 2920. The van der Waals surface area contributed by atoms with Crippen LogP contribution in [-0.2, 0) is 77.0 Å². The van der Waals surface area contributed by atoms with E-state index < -0.39 is 49.5 Å². The molecule has 6 aromatic carbocycles. The summed E-state index contributed by atoms with van der Waals surface area (Å²) in [4.78, 5) is 26.5. The number of aliphatic hydroxyl groups is 2. The Morgan fingerprint density at radius 2 is 0.800 bits per heavy atom. The molecular weight excluding hydrogens is 1130 g/mol. The number of ether oxygens (including phenoxy) is 2. The van der Waals surface area contributed by atoms with Gasteiger partial charge in [0.1, 0.15) is 24.3 Å². The first-order chi connectivity index (χ1) is 41.2. The molecule has 0 bridgehead atoms. The van der Waals surface area contributed by atoms with Gasteiger partial charge in [0.15, 0.2) is 0 Å². The summed E-state index contributed by atoms with van der Waals surface area (Å²) < 4.78 is 67.8. The standard InChI is InChI=1S/C34H44N2O5S.C25H32ClNO4S.C9H13NO/c37-27-31(26-30-18-8-3-9-19-30)35-42(39,40)36-25-11-10-24-33(36)34(38)41-32(22-12-20-28-14-4-1-5-15-28)23-13-21-29-16-6-2-7-17-29;26-32(29,30)27-20-8-7-19-24(27)25(28)31-23(17-9-15-21-11-3-1-4-12-21)18-10-16-22-13-5-2-6-14-22;10-9(7-11)6-8-4-2-1-3-5-8/h1-9,14-19,31-33,35,37H,10-13,20-27H2;1-6,11-14,23-24H,7-10,15-20H2;1-5,9,11H,6-7,10H2/t31-,33+;24-;9-/m101/s1. The summed E-state index contributed by atoms with van der Waals surface area (Å²) in [7, 11) is -2.40. The number of esters is 2. The molecule has 0 aliphatic carbocycles. The predicted octanol–water partition coefficient (Wildman–Crippen LogP) is 11.1. The zero-order valence-electron chi connectivity index (χ0n) is 49.1. The second kappa shape index (κ2) is 37.7. The number of benzene rings is 6. The molecule has 2 fully saturated rings. The van der Waals surface area contributed by atoms with Crippen molar-refractivity contribution in [2.45, 2.75) is 165 Å². The van der Waals surface area contributed by atoms with Crippen LogP contribution in [-0.4, -0.2) is 110 Å². The summed E-state index contributed by atoms with van der Waals surface area (Å²) in [6, 6.07) is 57.9. The fraction of sp³-hybridized carbons (Fsp3) is 0.441. The molecule has 8 rings (SSSR count). The largest absolute Gasteiger partial charge is 0.461 e. The molecule has 6 aromatic rings. The van der Waals surface area contributed by atoms with Crippen molar-refractivity contribution in [3.63, 3.8) is 0 Å². The quantitative estimate of drug-likeness (QED) is 0.0247. The van der Waals surface area contributed by atoms with Gasteiger partial charge in [-0.2, -0.15) is 30.2 Å². The molecule has 2 saturated heterocycles. The zero-order valence-corrected chi connectivity index (χ0v) is 51.5. The second-order valence-corrected chi connectivity index (χ2v) is 26.3. The summed E-state index contributed by atoms with van der Waals surface area (Å²) in [5.74, 6) is -0.952. The van der Waals surface area contributed by atoms with Crippen molar-refractivity contribution in [3.8, 4) is 0 Å². The highest BCUT2D eigenvalue weighted by atomic mass is 35.7. The molecule has 85 heavy (non-hydrogen) atoms. The molecule has 0 spiro atoms. The van der Waals surface area contributed by atoms with Gasteiger partial charge in [0, 0.05) is 29.8 Å². The number of nitrogens with one attached hydrogen (secondary N) is 1. The monoisotopic (exact) mass is 1220 g/mol. The topological polar surface area (TPSA) is 206 Å². The first-order valence-corrected chi connectivity index (χ1v) is 34.0. The van der Waals surface area contributed by atoms with E-state index in [1.54, 1.807) is 0 Å². The van der Waals surface area contributed by atoms with E-state index in [1.165, 1.54) is 32.1 Å². The van der Waals surface area contributed by atoms with E-state index in [4.69, 9.17) is 31.0 Å². The number of hydrogen-bond acceptors (Lipinski definition) is 11. The third kappa shape index (κ3) is 25.6. The lowest BCUT2D eigenvalue weighted by Gasteiger charge is -2.35. The highest BCUT2D eigenvalue weighted by molar-refractivity contribution is 8.11. The van der Waals surface area contributed by atoms with Gasteiger partial charge >= 0.3 is 21.2 Å². The summed E-state index contributed by atoms with van der Waals surface area (Å²) >= 11 is 0. The van der Waals surface area contributed by atoms with Crippen molar-refractivity contribution in [1.29, 1.82) is 0 Å². The minimum atomic E-state index is -4.03. The predicted molar refractivity (Wildman–Crippen MR) is 339 cm³/mol. The maximum absolute atomic E-state index is 13.6. The van der Waals surface area contributed by atoms with E-state index in [9.17, 15) is 31.5 Å². The fourth-order valence-electron chi connectivity index (χ4n) is 10.9. The van der Waals surface area contributed by atoms with Crippen LogP contribution in [0.2, 0.25) is 0 Å². The van der Waals surface area contributed by atoms with Crippen LogP contribution in [0.5, 0.6) is 0 Å². The minimum absolute atomic E-state index is 0.0505. The van der Waals surface area contributed by atoms with Gasteiger partial charge in [-0.05, 0) is 162 Å². The van der Waals surface area contributed by atoms with E-state index in [-0.39, 0.29) is 44.6 Å². The van der Waals surface area contributed by atoms with E-state index >= 15 is 0 Å². The molecule has 0 amide bonds. The number of nitrogens with two attached hydrogens (primary N) is 1. The van der Waals surface area contributed by atoms with Crippen molar-refractivity contribution in [2.75, 3.05) is 26.3 Å². The number of nitrogens with zero attached hydrogens (tertiary/aromatic N) is 2. The summed E-state index contributed by atoms with van der Waals surface area (Å²) in [6.07, 6.45) is 14.5. The maximum Gasteiger partial charge on any atom is 0.324 e. The number of hydrogen-bond donors (Lipinski definition) is 4. The molecule has 2 heterocycles. The van der Waals surface area contributed by atoms with Gasteiger partial charge in [-0.1, -0.05) is 182 Å². The molecule has 460 valence electrons. The lowest BCUT2D eigenvalue weighted by molar-refractivity contribution is -0.156. The molecule has 17 heteroatoms. The first kappa shape index (κ1) is 68.3. The Morgan fingerprint density at radius 3 is 1.13 bits per heavy atom. The van der Waals surface area contributed by atoms with Crippen molar-refractivity contribution in [2.24, 2.45) is 5.73 Å². The fourth-order valence-corrected chi connectivity index (χ4v) is 13.8. The molecule has 2 aliphatic heterocycles. The van der Waals surface area contributed by atoms with Gasteiger partial charge in [0.2, 0.25) is 0 Å². The molecule has 14 nitrogen and oxygen atoms in total. The molecular formula is C68H89ClN4O10S2. The third-order valence-corrected chi connectivity index (χ3v) is 18.6. The smallest absolute Gasteiger partial charge is 0.324 e. The SMILES string of the molecule is N[C@@H](CO)Cc1ccccc1.O=C(OC(CCCc1ccccc1)CCCc1ccccc1)[C@@H]1CCCCN1S(=O)(=O)Cl.O=C(OC(CCCc1ccccc1)CCCc1ccccc1)[C@@H]1CCCCN1S(=O)(=O)N[C@@H](CO)Cc1ccccc1. The first-order valence-electron chi connectivity index (χ1n) is 30.3. The molecule has 2 aliphatic rings. The lowest BCUT2D eigenvalue weighted by Crippen LogP contribution is -2.55. The Labute approximate surface area is 510 Å². The van der Waals surface area contributed by atoms with Crippen molar-refractivity contribution in [3.05, 3.63) is 215 Å².